The van der Waals surface area contributed by atoms with Crippen molar-refractivity contribution in [3.8, 4) is 0 Å². The number of carboxylic acid groups (broad SMARTS) is 1. The highest BCUT2D eigenvalue weighted by Gasteiger charge is 2.71. The Hall–Kier alpha value is -1.77. The number of rotatable bonds is 4. The van der Waals surface area contributed by atoms with Crippen LogP contribution in [0.5, 0.6) is 0 Å². The highest BCUT2D eigenvalue weighted by atomic mass is 35.5. The molecule has 1 aromatic rings. The number of carbonyl (C=O) groups excluding carboxylic acids is 1. The summed E-state index contributed by atoms with van der Waals surface area (Å²) in [5, 5.41) is 10.1. The van der Waals surface area contributed by atoms with E-state index in [1.165, 1.54) is 13.8 Å². The fraction of sp³-hybridized carbons (Fsp3) is 0.471. The van der Waals surface area contributed by atoms with Crippen molar-refractivity contribution < 1.29 is 40.6 Å². The third-order valence-electron chi connectivity index (χ3n) is 5.35. The van der Waals surface area contributed by atoms with Gasteiger partial charge in [0.05, 0.1) is 0 Å². The van der Waals surface area contributed by atoms with Crippen molar-refractivity contribution >= 4 is 17.6 Å². The highest BCUT2D eigenvalue weighted by molar-refractivity contribution is 6.30. The molecule has 2 nitrogen and oxygen atoms in total. The van der Waals surface area contributed by atoms with Crippen LogP contribution in [0.2, 0.25) is 0 Å². The number of aliphatic carboxylic acids is 1. The predicted molar refractivity (Wildman–Crippen MR) is 79.4 cm³/mol. The quantitative estimate of drug-likeness (QED) is 0.545. The number of allylic oxidation sites excluding steroid dienone is 2. The first-order valence-corrected chi connectivity index (χ1v) is 7.95. The van der Waals surface area contributed by atoms with Crippen molar-refractivity contribution in [3.63, 3.8) is 0 Å². The Kier molecular flexibility index (Phi) is 5.10. The van der Waals surface area contributed by atoms with E-state index < -0.39 is 74.7 Å². The predicted octanol–water partition coefficient (Wildman–Crippen LogP) is 4.17. The van der Waals surface area contributed by atoms with E-state index in [1.54, 1.807) is 0 Å². The van der Waals surface area contributed by atoms with Crippen LogP contribution in [-0.2, 0) is 11.2 Å². The van der Waals surface area contributed by atoms with E-state index in [-0.39, 0.29) is 0 Å². The summed E-state index contributed by atoms with van der Waals surface area (Å²) in [6.45, 7) is 3.23. The first-order chi connectivity index (χ1) is 12.1. The van der Waals surface area contributed by atoms with Crippen molar-refractivity contribution in [2.75, 3.05) is 0 Å². The number of hydrogen-bond donors (Lipinski definition) is 0. The first kappa shape index (κ1) is 21.5. The molecular weight excluding hydrogens is 405 g/mol. The topological polar surface area (TPSA) is 40.1 Å². The van der Waals surface area contributed by atoms with Crippen LogP contribution in [0, 0.1) is 46.9 Å². The van der Waals surface area contributed by atoms with Gasteiger partial charge < -0.3 is 9.90 Å². The van der Waals surface area contributed by atoms with Gasteiger partial charge in [-0.25, -0.2) is 17.6 Å². The molecule has 0 radical (unpaired) electrons. The standard InChI is InChI=1S/C17H14ClF7O2/c1-6-10(19)12(21)7(13(22)11(6)20)5-16(14(26)27)8(15(16,2)3)4-9(18)17(23,24)25/h4,8H,5H2,1-3H3,(H,26,27)/p-1. The zero-order valence-electron chi connectivity index (χ0n) is 14.2. The van der Waals surface area contributed by atoms with Crippen molar-refractivity contribution in [2.45, 2.75) is 33.4 Å². The van der Waals surface area contributed by atoms with Gasteiger partial charge in [0.15, 0.2) is 23.3 Å². The number of carboxylic acids is 1. The van der Waals surface area contributed by atoms with Crippen LogP contribution in [0.25, 0.3) is 0 Å². The zero-order valence-corrected chi connectivity index (χ0v) is 15.0. The second kappa shape index (κ2) is 6.39. The van der Waals surface area contributed by atoms with Gasteiger partial charge >= 0.3 is 6.18 Å². The maximum atomic E-state index is 14.1. The molecule has 150 valence electrons. The summed E-state index contributed by atoms with van der Waals surface area (Å²) in [4.78, 5) is 11.7. The average Bonchev–Trinajstić information content (AvgIpc) is 3.02. The summed E-state index contributed by atoms with van der Waals surface area (Å²) in [6.07, 6.45) is -5.66. The number of hydrogen-bond acceptors (Lipinski definition) is 2. The van der Waals surface area contributed by atoms with Gasteiger partial charge in [-0.15, -0.1) is 0 Å². The van der Waals surface area contributed by atoms with Crippen LogP contribution in [0.4, 0.5) is 30.7 Å². The lowest BCUT2D eigenvalue weighted by atomic mass is 9.87. The van der Waals surface area contributed by atoms with E-state index in [4.69, 9.17) is 11.6 Å². The summed E-state index contributed by atoms with van der Waals surface area (Å²) < 4.78 is 93.8. The molecule has 1 fully saturated rings. The van der Waals surface area contributed by atoms with Crippen LogP contribution in [0.3, 0.4) is 0 Å². The Balaban J connectivity index is 2.60. The molecule has 27 heavy (non-hydrogen) atoms. The lowest BCUT2D eigenvalue weighted by molar-refractivity contribution is -0.315. The largest absolute Gasteiger partial charge is 0.549 e. The molecule has 2 unspecified atom stereocenters. The minimum atomic E-state index is -4.96. The third-order valence-corrected chi connectivity index (χ3v) is 5.69. The molecule has 0 saturated heterocycles. The van der Waals surface area contributed by atoms with E-state index in [0.29, 0.717) is 6.08 Å². The minimum absolute atomic E-state index is 0.411. The molecule has 1 aromatic carbocycles. The first-order valence-electron chi connectivity index (χ1n) is 7.58. The molecule has 0 aromatic heterocycles. The molecule has 0 amide bonds. The molecule has 0 aliphatic heterocycles. The molecule has 0 N–H and O–H groups in total. The summed E-state index contributed by atoms with van der Waals surface area (Å²) in [5.74, 6) is -10.4. The van der Waals surface area contributed by atoms with Crippen molar-refractivity contribution in [3.05, 3.63) is 45.5 Å². The summed E-state index contributed by atoms with van der Waals surface area (Å²) >= 11 is 5.14. The smallest absolute Gasteiger partial charge is 0.426 e. The maximum absolute atomic E-state index is 14.1. The lowest BCUT2D eigenvalue weighted by Crippen LogP contribution is -2.38. The Morgan fingerprint density at radius 2 is 1.56 bits per heavy atom. The molecule has 0 spiro atoms. The number of carbonyl (C=O) groups is 1. The minimum Gasteiger partial charge on any atom is -0.549 e. The molecule has 2 atom stereocenters. The normalized spacial score (nSPS) is 24.9. The van der Waals surface area contributed by atoms with Gasteiger partial charge in [-0.1, -0.05) is 31.5 Å². The number of benzene rings is 1. The van der Waals surface area contributed by atoms with Crippen LogP contribution in [-0.4, -0.2) is 12.1 Å². The van der Waals surface area contributed by atoms with Crippen LogP contribution < -0.4 is 5.11 Å². The van der Waals surface area contributed by atoms with E-state index in [0.717, 1.165) is 6.92 Å². The molecule has 0 heterocycles. The molecular formula is C17H13ClF7O2-. The molecule has 0 bridgehead atoms. The van der Waals surface area contributed by atoms with Crippen LogP contribution in [0.15, 0.2) is 11.1 Å². The van der Waals surface area contributed by atoms with E-state index in [2.05, 4.69) is 0 Å². The van der Waals surface area contributed by atoms with Gasteiger partial charge in [-0.2, -0.15) is 13.2 Å². The van der Waals surface area contributed by atoms with E-state index in [1.807, 2.05) is 0 Å². The Labute approximate surface area is 154 Å². The SMILES string of the molecule is Cc1c(F)c(F)c(CC2(C(=O)[O-])C(C=C(Cl)C(F)(F)F)C2(C)C)c(F)c1F. The van der Waals surface area contributed by atoms with Gasteiger partial charge in [0.1, 0.15) is 5.03 Å². The number of alkyl halides is 3. The average molecular weight is 418 g/mol. The maximum Gasteiger partial charge on any atom is 0.426 e. The number of halogens is 8. The molecule has 1 aliphatic rings. The highest BCUT2D eigenvalue weighted by Crippen LogP contribution is 2.71. The van der Waals surface area contributed by atoms with E-state index in [9.17, 15) is 40.6 Å². The molecule has 1 aliphatic carbocycles. The third kappa shape index (κ3) is 3.09. The monoisotopic (exact) mass is 417 g/mol. The van der Waals surface area contributed by atoms with Crippen molar-refractivity contribution in [1.82, 2.24) is 0 Å². The van der Waals surface area contributed by atoms with Gasteiger partial charge in [0, 0.05) is 22.5 Å². The Bertz CT molecular complexity index is 816. The molecule has 2 rings (SSSR count). The van der Waals surface area contributed by atoms with Crippen molar-refractivity contribution in [2.24, 2.45) is 16.7 Å². The Morgan fingerprint density at radius 1 is 1.11 bits per heavy atom. The van der Waals surface area contributed by atoms with Crippen LogP contribution in [0.1, 0.15) is 25.0 Å². The fourth-order valence-electron chi connectivity index (χ4n) is 3.51. The molecule has 10 heteroatoms. The summed E-state index contributed by atoms with van der Waals surface area (Å²) in [5.41, 5.74) is -5.88. The Morgan fingerprint density at radius 3 is 1.93 bits per heavy atom. The molecule has 1 saturated carbocycles. The van der Waals surface area contributed by atoms with Crippen LogP contribution >= 0.6 is 11.6 Å². The van der Waals surface area contributed by atoms with Gasteiger partial charge in [0.25, 0.3) is 0 Å². The summed E-state index contributed by atoms with van der Waals surface area (Å²) in [7, 11) is 0. The zero-order chi connectivity index (χ0) is 21.1. The van der Waals surface area contributed by atoms with Gasteiger partial charge in [0.2, 0.25) is 0 Å². The second-order valence-corrected chi connectivity index (χ2v) is 7.41. The van der Waals surface area contributed by atoms with Crippen molar-refractivity contribution in [1.29, 1.82) is 0 Å². The van der Waals surface area contributed by atoms with Gasteiger partial charge in [-0.05, 0) is 24.7 Å². The fourth-order valence-corrected chi connectivity index (χ4v) is 3.63. The van der Waals surface area contributed by atoms with Gasteiger partial charge in [-0.3, -0.25) is 0 Å². The lowest BCUT2D eigenvalue weighted by Gasteiger charge is -2.23. The second-order valence-electron chi connectivity index (χ2n) is 7.01. The summed E-state index contributed by atoms with van der Waals surface area (Å²) in [6, 6.07) is 0. The van der Waals surface area contributed by atoms with E-state index >= 15 is 0 Å².